The van der Waals surface area contributed by atoms with Crippen LogP contribution in [0.2, 0.25) is 0 Å². The van der Waals surface area contributed by atoms with E-state index < -0.39 is 0 Å². The third-order valence-electron chi connectivity index (χ3n) is 3.72. The van der Waals surface area contributed by atoms with Gasteiger partial charge in [0.25, 0.3) is 0 Å². The molecular formula is C15H19N3O. The van der Waals surface area contributed by atoms with Gasteiger partial charge in [0.2, 0.25) is 5.89 Å². The number of nitrogens with two attached hydrogens (primary N) is 1. The van der Waals surface area contributed by atoms with Crippen molar-refractivity contribution in [3.63, 3.8) is 0 Å². The Morgan fingerprint density at radius 2 is 2.11 bits per heavy atom. The van der Waals surface area contributed by atoms with Crippen molar-refractivity contribution in [2.45, 2.75) is 38.4 Å². The molecule has 4 heteroatoms. The van der Waals surface area contributed by atoms with Gasteiger partial charge in [-0.05, 0) is 31.4 Å². The molecule has 0 fully saturated rings. The Labute approximate surface area is 113 Å². The van der Waals surface area contributed by atoms with Gasteiger partial charge in [0.1, 0.15) is 5.76 Å². The first kappa shape index (κ1) is 12.4. The first-order valence-electron chi connectivity index (χ1n) is 6.68. The molecule has 3 atom stereocenters. The van der Waals surface area contributed by atoms with E-state index >= 15 is 0 Å². The molecule has 3 unspecified atom stereocenters. The average Bonchev–Trinajstić information content (AvgIpc) is 2.96. The van der Waals surface area contributed by atoms with Crippen molar-refractivity contribution in [1.82, 2.24) is 10.3 Å². The molecule has 0 saturated heterocycles. The summed E-state index contributed by atoms with van der Waals surface area (Å²) in [5.41, 5.74) is 8.72. The molecule has 0 aliphatic heterocycles. The number of aryl methyl sites for hydroxylation is 1. The summed E-state index contributed by atoms with van der Waals surface area (Å²) in [6, 6.07) is 8.83. The fourth-order valence-corrected chi connectivity index (χ4v) is 2.78. The molecule has 100 valence electrons. The number of nitrogens with zero attached hydrogens (tertiary/aromatic N) is 1. The zero-order valence-electron chi connectivity index (χ0n) is 11.3. The van der Waals surface area contributed by atoms with Crippen molar-refractivity contribution in [2.24, 2.45) is 5.73 Å². The molecule has 1 heterocycles. The molecule has 19 heavy (non-hydrogen) atoms. The second-order valence-electron chi connectivity index (χ2n) is 5.22. The Kier molecular flexibility index (Phi) is 3.12. The Balaban J connectivity index is 1.78. The quantitative estimate of drug-likeness (QED) is 0.887. The summed E-state index contributed by atoms with van der Waals surface area (Å²) in [5, 5.41) is 3.56. The van der Waals surface area contributed by atoms with Crippen molar-refractivity contribution in [2.75, 3.05) is 0 Å². The topological polar surface area (TPSA) is 64.1 Å². The lowest BCUT2D eigenvalue weighted by Gasteiger charge is -2.18. The number of aromatic nitrogens is 1. The highest BCUT2D eigenvalue weighted by Crippen LogP contribution is 2.38. The fraction of sp³-hybridized carbons (Fsp3) is 0.400. The maximum absolute atomic E-state index is 6.18. The lowest BCUT2D eigenvalue weighted by molar-refractivity contribution is 0.365. The van der Waals surface area contributed by atoms with Gasteiger partial charge in [-0.3, -0.25) is 5.32 Å². The molecule has 0 amide bonds. The van der Waals surface area contributed by atoms with Crippen LogP contribution in [0, 0.1) is 6.92 Å². The van der Waals surface area contributed by atoms with E-state index in [1.807, 2.05) is 13.0 Å². The highest BCUT2D eigenvalue weighted by Gasteiger charge is 2.29. The lowest BCUT2D eigenvalue weighted by atomic mass is 10.1. The third kappa shape index (κ3) is 2.29. The standard InChI is InChI=1S/C15H19N3O/c1-9-8-17-15(19-9)10(2)18-14-7-13(16)11-5-3-4-6-12(11)14/h3-6,8,10,13-14,18H,7,16H2,1-2H3. The molecule has 1 aromatic heterocycles. The summed E-state index contributed by atoms with van der Waals surface area (Å²) in [6.45, 7) is 3.97. The van der Waals surface area contributed by atoms with Crippen LogP contribution in [-0.4, -0.2) is 4.98 Å². The van der Waals surface area contributed by atoms with Crippen LogP contribution < -0.4 is 11.1 Å². The first-order chi connectivity index (χ1) is 9.15. The highest BCUT2D eigenvalue weighted by atomic mass is 16.4. The molecule has 1 aliphatic carbocycles. The van der Waals surface area contributed by atoms with E-state index in [4.69, 9.17) is 10.2 Å². The van der Waals surface area contributed by atoms with Gasteiger partial charge in [0.05, 0.1) is 12.2 Å². The molecule has 1 aliphatic rings. The number of fused-ring (bicyclic) bond motifs is 1. The number of nitrogens with one attached hydrogen (secondary N) is 1. The van der Waals surface area contributed by atoms with Crippen LogP contribution in [0.25, 0.3) is 0 Å². The molecule has 2 aromatic rings. The van der Waals surface area contributed by atoms with Gasteiger partial charge < -0.3 is 10.2 Å². The van der Waals surface area contributed by atoms with Gasteiger partial charge in [0.15, 0.2) is 0 Å². The van der Waals surface area contributed by atoms with Crippen LogP contribution in [0.15, 0.2) is 34.9 Å². The molecule has 0 radical (unpaired) electrons. The lowest BCUT2D eigenvalue weighted by Crippen LogP contribution is -2.23. The van der Waals surface area contributed by atoms with Gasteiger partial charge >= 0.3 is 0 Å². The van der Waals surface area contributed by atoms with Crippen LogP contribution in [0.1, 0.15) is 54.2 Å². The number of hydrogen-bond donors (Lipinski definition) is 2. The van der Waals surface area contributed by atoms with Crippen molar-refractivity contribution >= 4 is 0 Å². The van der Waals surface area contributed by atoms with E-state index in [2.05, 4.69) is 35.4 Å². The maximum atomic E-state index is 6.18. The van der Waals surface area contributed by atoms with Crippen LogP contribution in [0.3, 0.4) is 0 Å². The van der Waals surface area contributed by atoms with Crippen LogP contribution >= 0.6 is 0 Å². The molecule has 3 rings (SSSR count). The van der Waals surface area contributed by atoms with Gasteiger partial charge in [-0.15, -0.1) is 0 Å². The number of benzene rings is 1. The maximum Gasteiger partial charge on any atom is 0.211 e. The summed E-state index contributed by atoms with van der Waals surface area (Å²) < 4.78 is 5.57. The van der Waals surface area contributed by atoms with Crippen molar-refractivity contribution in [3.05, 3.63) is 53.2 Å². The molecule has 0 saturated carbocycles. The number of rotatable bonds is 3. The van der Waals surface area contributed by atoms with E-state index in [1.54, 1.807) is 6.20 Å². The predicted molar refractivity (Wildman–Crippen MR) is 73.5 cm³/mol. The predicted octanol–water partition coefficient (Wildman–Crippen LogP) is 2.78. The zero-order chi connectivity index (χ0) is 13.4. The smallest absolute Gasteiger partial charge is 0.211 e. The van der Waals surface area contributed by atoms with E-state index in [0.717, 1.165) is 18.1 Å². The zero-order valence-corrected chi connectivity index (χ0v) is 11.3. The summed E-state index contributed by atoms with van der Waals surface area (Å²) >= 11 is 0. The fourth-order valence-electron chi connectivity index (χ4n) is 2.78. The number of oxazole rings is 1. The molecule has 0 bridgehead atoms. The first-order valence-corrected chi connectivity index (χ1v) is 6.68. The van der Waals surface area contributed by atoms with Crippen LogP contribution in [0.4, 0.5) is 0 Å². The van der Waals surface area contributed by atoms with E-state index in [0.29, 0.717) is 0 Å². The van der Waals surface area contributed by atoms with E-state index in [1.165, 1.54) is 11.1 Å². The summed E-state index contributed by atoms with van der Waals surface area (Å²) in [4.78, 5) is 4.27. The molecule has 0 spiro atoms. The van der Waals surface area contributed by atoms with Crippen molar-refractivity contribution in [1.29, 1.82) is 0 Å². The summed E-state index contributed by atoms with van der Waals surface area (Å²) in [5.74, 6) is 1.57. The van der Waals surface area contributed by atoms with Gasteiger partial charge in [-0.2, -0.15) is 0 Å². The Hall–Kier alpha value is -1.65. The average molecular weight is 257 g/mol. The van der Waals surface area contributed by atoms with Gasteiger partial charge in [-0.25, -0.2) is 4.98 Å². The van der Waals surface area contributed by atoms with Crippen molar-refractivity contribution < 1.29 is 4.42 Å². The highest BCUT2D eigenvalue weighted by molar-refractivity contribution is 5.37. The van der Waals surface area contributed by atoms with Gasteiger partial charge in [-0.1, -0.05) is 24.3 Å². The minimum atomic E-state index is 0.0806. The molecule has 4 nitrogen and oxygen atoms in total. The van der Waals surface area contributed by atoms with Gasteiger partial charge in [0, 0.05) is 12.1 Å². The van der Waals surface area contributed by atoms with Crippen molar-refractivity contribution in [3.8, 4) is 0 Å². The monoisotopic (exact) mass is 257 g/mol. The SMILES string of the molecule is Cc1cnc(C(C)NC2CC(N)c3ccccc32)o1. The largest absolute Gasteiger partial charge is 0.444 e. The summed E-state index contributed by atoms with van der Waals surface area (Å²) in [7, 11) is 0. The Bertz CT molecular complexity index is 578. The second-order valence-corrected chi connectivity index (χ2v) is 5.22. The second kappa shape index (κ2) is 4.79. The van der Waals surface area contributed by atoms with E-state index in [9.17, 15) is 0 Å². The normalized spacial score (nSPS) is 23.3. The third-order valence-corrected chi connectivity index (χ3v) is 3.72. The molecular weight excluding hydrogens is 238 g/mol. The van der Waals surface area contributed by atoms with E-state index in [-0.39, 0.29) is 18.1 Å². The Morgan fingerprint density at radius 3 is 2.79 bits per heavy atom. The summed E-state index contributed by atoms with van der Waals surface area (Å²) in [6.07, 6.45) is 2.67. The van der Waals surface area contributed by atoms with Crippen LogP contribution in [-0.2, 0) is 0 Å². The Morgan fingerprint density at radius 1 is 1.37 bits per heavy atom. The number of hydrogen-bond acceptors (Lipinski definition) is 4. The minimum Gasteiger partial charge on any atom is -0.444 e. The molecule has 3 N–H and O–H groups in total. The van der Waals surface area contributed by atoms with Crippen LogP contribution in [0.5, 0.6) is 0 Å². The molecule has 1 aromatic carbocycles. The minimum absolute atomic E-state index is 0.0806.